The molecule has 0 radical (unpaired) electrons. The zero-order valence-corrected chi connectivity index (χ0v) is 13.7. The molecule has 1 amide bonds. The van der Waals surface area contributed by atoms with E-state index in [4.69, 9.17) is 16.3 Å². The fourth-order valence-electron chi connectivity index (χ4n) is 1.76. The molecular weight excluding hydrogens is 274 g/mol. The topological polar surface area (TPSA) is 38.3 Å². The Kier molecular flexibility index (Phi) is 5.88. The summed E-state index contributed by atoms with van der Waals surface area (Å²) in [6.07, 6.45) is -0.0927. The Morgan fingerprint density at radius 2 is 1.90 bits per heavy atom. The van der Waals surface area contributed by atoms with Crippen molar-refractivity contribution in [3.05, 3.63) is 29.3 Å². The first-order chi connectivity index (χ1) is 9.27. The number of carbonyl (C=O) groups is 1. The Labute approximate surface area is 126 Å². The summed E-state index contributed by atoms with van der Waals surface area (Å²) in [5, 5.41) is 2.88. The van der Waals surface area contributed by atoms with E-state index < -0.39 is 5.41 Å². The van der Waals surface area contributed by atoms with Crippen molar-refractivity contribution in [2.24, 2.45) is 5.41 Å². The van der Waals surface area contributed by atoms with Gasteiger partial charge in [-0.15, -0.1) is 11.6 Å². The van der Waals surface area contributed by atoms with E-state index in [2.05, 4.69) is 5.32 Å². The summed E-state index contributed by atoms with van der Waals surface area (Å²) in [6.45, 7) is 10.1. The Morgan fingerprint density at radius 1 is 1.35 bits per heavy atom. The van der Waals surface area contributed by atoms with E-state index in [0.717, 1.165) is 16.9 Å². The summed E-state index contributed by atoms with van der Waals surface area (Å²) in [6, 6.07) is 6.04. The molecule has 0 saturated carbocycles. The smallest absolute Gasteiger partial charge is 0.226 e. The average Bonchev–Trinajstić information content (AvgIpc) is 2.40. The lowest BCUT2D eigenvalue weighted by molar-refractivity contribution is -0.128. The van der Waals surface area contributed by atoms with Crippen molar-refractivity contribution in [1.82, 2.24) is 5.32 Å². The van der Waals surface area contributed by atoms with E-state index in [1.807, 2.05) is 52.8 Å². The van der Waals surface area contributed by atoms with Gasteiger partial charge in [0.25, 0.3) is 0 Å². The zero-order chi connectivity index (χ0) is 15.3. The van der Waals surface area contributed by atoms with Crippen LogP contribution in [-0.4, -0.2) is 24.4 Å². The van der Waals surface area contributed by atoms with E-state index in [0.29, 0.717) is 12.4 Å². The molecule has 0 fully saturated rings. The summed E-state index contributed by atoms with van der Waals surface area (Å²) < 4.78 is 5.92. The number of halogens is 1. The second-order valence-corrected chi connectivity index (χ2v) is 6.14. The van der Waals surface area contributed by atoms with E-state index in [1.165, 1.54) is 0 Å². The van der Waals surface area contributed by atoms with Crippen LogP contribution in [0.5, 0.6) is 5.75 Å². The highest BCUT2D eigenvalue weighted by Gasteiger charge is 2.26. The highest BCUT2D eigenvalue weighted by Crippen LogP contribution is 2.23. The van der Waals surface area contributed by atoms with E-state index in [-0.39, 0.29) is 12.0 Å². The lowest BCUT2D eigenvalue weighted by atomic mass is 9.95. The summed E-state index contributed by atoms with van der Waals surface area (Å²) in [5.41, 5.74) is 1.65. The minimum atomic E-state index is -0.556. The van der Waals surface area contributed by atoms with Gasteiger partial charge in [0.1, 0.15) is 11.9 Å². The Hall–Kier alpha value is -1.22. The number of hydrogen-bond donors (Lipinski definition) is 1. The number of alkyl halides is 1. The lowest BCUT2D eigenvalue weighted by Crippen LogP contribution is -2.42. The predicted molar refractivity (Wildman–Crippen MR) is 83.5 cm³/mol. The Morgan fingerprint density at radius 3 is 2.40 bits per heavy atom. The van der Waals surface area contributed by atoms with E-state index >= 15 is 0 Å². The van der Waals surface area contributed by atoms with Gasteiger partial charge in [0, 0.05) is 5.88 Å². The van der Waals surface area contributed by atoms with Gasteiger partial charge in [-0.2, -0.15) is 0 Å². The van der Waals surface area contributed by atoms with Crippen LogP contribution in [0.2, 0.25) is 0 Å². The molecule has 0 aliphatic heterocycles. The van der Waals surface area contributed by atoms with Crippen LogP contribution in [-0.2, 0) is 4.79 Å². The molecule has 1 N–H and O–H groups in total. The summed E-state index contributed by atoms with van der Waals surface area (Å²) in [5.74, 6) is 1.14. The predicted octanol–water partition coefficient (Wildman–Crippen LogP) is 3.45. The van der Waals surface area contributed by atoms with Crippen molar-refractivity contribution < 1.29 is 9.53 Å². The first kappa shape index (κ1) is 16.8. The number of carbonyl (C=O) groups excluding carboxylic acids is 1. The summed E-state index contributed by atoms with van der Waals surface area (Å²) >= 11 is 5.78. The maximum Gasteiger partial charge on any atom is 0.226 e. The monoisotopic (exact) mass is 297 g/mol. The molecule has 20 heavy (non-hydrogen) atoms. The van der Waals surface area contributed by atoms with Gasteiger partial charge in [-0.3, -0.25) is 4.79 Å². The number of hydrogen-bond acceptors (Lipinski definition) is 2. The molecule has 3 nitrogen and oxygen atoms in total. The molecule has 0 spiro atoms. The summed E-state index contributed by atoms with van der Waals surface area (Å²) in [4.78, 5) is 11.9. The van der Waals surface area contributed by atoms with Crippen LogP contribution in [0.3, 0.4) is 0 Å². The first-order valence-corrected chi connectivity index (χ1v) is 7.38. The maximum absolute atomic E-state index is 11.9. The SMILES string of the molecule is Cc1cccc(C)c1OC(C)CNC(=O)C(C)(C)CCl. The van der Waals surface area contributed by atoms with E-state index in [9.17, 15) is 4.79 Å². The number of amides is 1. The molecule has 1 aromatic rings. The number of rotatable bonds is 6. The van der Waals surface area contributed by atoms with Crippen molar-refractivity contribution in [1.29, 1.82) is 0 Å². The standard InChI is InChI=1S/C16H24ClNO2/c1-11-7-6-8-12(2)14(11)20-13(3)9-18-15(19)16(4,5)10-17/h6-8,13H,9-10H2,1-5H3,(H,18,19). The number of benzene rings is 1. The zero-order valence-electron chi connectivity index (χ0n) is 12.9. The van der Waals surface area contributed by atoms with Crippen LogP contribution in [0.25, 0.3) is 0 Å². The van der Waals surface area contributed by atoms with Crippen molar-refractivity contribution in [2.75, 3.05) is 12.4 Å². The summed E-state index contributed by atoms with van der Waals surface area (Å²) in [7, 11) is 0. The molecule has 0 aliphatic rings. The second-order valence-electron chi connectivity index (χ2n) is 5.88. The molecule has 1 atom stereocenters. The van der Waals surface area contributed by atoms with Gasteiger partial charge < -0.3 is 10.1 Å². The molecule has 0 saturated heterocycles. The van der Waals surface area contributed by atoms with Gasteiger partial charge in [0.05, 0.1) is 12.0 Å². The fraction of sp³-hybridized carbons (Fsp3) is 0.562. The highest BCUT2D eigenvalue weighted by molar-refractivity contribution is 6.19. The maximum atomic E-state index is 11.9. The molecule has 4 heteroatoms. The van der Waals surface area contributed by atoms with Gasteiger partial charge in [-0.1, -0.05) is 18.2 Å². The molecule has 1 aromatic carbocycles. The highest BCUT2D eigenvalue weighted by atomic mass is 35.5. The van der Waals surface area contributed by atoms with Crippen molar-refractivity contribution in [3.8, 4) is 5.75 Å². The molecule has 0 aliphatic carbocycles. The second kappa shape index (κ2) is 6.98. The molecule has 112 valence electrons. The fourth-order valence-corrected chi connectivity index (χ4v) is 1.89. The van der Waals surface area contributed by atoms with Gasteiger partial charge in [0.2, 0.25) is 5.91 Å². The number of nitrogens with one attached hydrogen (secondary N) is 1. The number of aryl methyl sites for hydroxylation is 2. The van der Waals surface area contributed by atoms with Crippen LogP contribution in [0.1, 0.15) is 31.9 Å². The molecule has 0 heterocycles. The lowest BCUT2D eigenvalue weighted by Gasteiger charge is -2.23. The average molecular weight is 298 g/mol. The van der Waals surface area contributed by atoms with Crippen molar-refractivity contribution in [2.45, 2.75) is 40.7 Å². The van der Waals surface area contributed by atoms with Crippen LogP contribution >= 0.6 is 11.6 Å². The number of ether oxygens (including phenoxy) is 1. The molecule has 1 unspecified atom stereocenters. The number of para-hydroxylation sites is 1. The van der Waals surface area contributed by atoms with Crippen molar-refractivity contribution in [3.63, 3.8) is 0 Å². The van der Waals surface area contributed by atoms with Crippen LogP contribution < -0.4 is 10.1 Å². The van der Waals surface area contributed by atoms with E-state index in [1.54, 1.807) is 0 Å². The third-order valence-electron chi connectivity index (χ3n) is 3.23. The van der Waals surface area contributed by atoms with Crippen LogP contribution in [0.4, 0.5) is 0 Å². The molecular formula is C16H24ClNO2. The molecule has 0 bridgehead atoms. The van der Waals surface area contributed by atoms with Gasteiger partial charge in [-0.25, -0.2) is 0 Å². The minimum absolute atomic E-state index is 0.0514. The van der Waals surface area contributed by atoms with Crippen LogP contribution in [0.15, 0.2) is 18.2 Å². The van der Waals surface area contributed by atoms with Gasteiger partial charge in [0.15, 0.2) is 0 Å². The largest absolute Gasteiger partial charge is 0.488 e. The normalized spacial score (nSPS) is 12.9. The quantitative estimate of drug-likeness (QED) is 0.817. The van der Waals surface area contributed by atoms with Gasteiger partial charge >= 0.3 is 0 Å². The van der Waals surface area contributed by atoms with Gasteiger partial charge in [-0.05, 0) is 45.7 Å². The Balaban J connectivity index is 2.57. The molecule has 0 aromatic heterocycles. The third-order valence-corrected chi connectivity index (χ3v) is 3.89. The van der Waals surface area contributed by atoms with Crippen molar-refractivity contribution >= 4 is 17.5 Å². The Bertz CT molecular complexity index is 451. The minimum Gasteiger partial charge on any atom is -0.488 e. The van der Waals surface area contributed by atoms with Crippen LogP contribution in [0, 0.1) is 19.3 Å². The first-order valence-electron chi connectivity index (χ1n) is 6.85. The molecule has 1 rings (SSSR count). The third kappa shape index (κ3) is 4.41.